The predicted octanol–water partition coefficient (Wildman–Crippen LogP) is 2.26. The fourth-order valence-electron chi connectivity index (χ4n) is 1.66. The van der Waals surface area contributed by atoms with Crippen molar-refractivity contribution in [1.29, 1.82) is 0 Å². The number of isocyanates is 1. The summed E-state index contributed by atoms with van der Waals surface area (Å²) in [5.41, 5.74) is -3.09. The van der Waals surface area contributed by atoms with Gasteiger partial charge in [-0.3, -0.25) is 0 Å². The Kier molecular flexibility index (Phi) is 5.63. The van der Waals surface area contributed by atoms with Crippen LogP contribution in [-0.4, -0.2) is 33.6 Å². The summed E-state index contributed by atoms with van der Waals surface area (Å²) in [5, 5.41) is 19.5. The maximum atomic E-state index is 11.4. The SMILES string of the molecule is CC(C)(C)O[C@@H](c1ccc(I)cc1)[C@](O)(N=C=O)C(=O)O. The number of ether oxygens (including phenoxy) is 1. The van der Waals surface area contributed by atoms with Crippen LogP contribution in [0.4, 0.5) is 0 Å². The number of carboxylic acids is 1. The number of rotatable bonds is 5. The third-order valence-corrected chi connectivity index (χ3v) is 3.26. The van der Waals surface area contributed by atoms with Crippen LogP contribution in [0.3, 0.4) is 0 Å². The summed E-state index contributed by atoms with van der Waals surface area (Å²) in [6.07, 6.45) is -0.240. The van der Waals surface area contributed by atoms with Gasteiger partial charge >= 0.3 is 5.97 Å². The number of carbonyl (C=O) groups excluding carboxylic acids is 1. The predicted molar refractivity (Wildman–Crippen MR) is 83.4 cm³/mol. The third-order valence-electron chi connectivity index (χ3n) is 2.54. The fraction of sp³-hybridized carbons (Fsp3) is 0.429. The molecule has 0 aliphatic rings. The molecule has 0 fully saturated rings. The summed E-state index contributed by atoms with van der Waals surface area (Å²) in [6, 6.07) is 6.71. The van der Waals surface area contributed by atoms with Crippen LogP contribution < -0.4 is 0 Å². The zero-order valence-electron chi connectivity index (χ0n) is 11.8. The van der Waals surface area contributed by atoms with Gasteiger partial charge in [0.05, 0.1) is 5.60 Å². The summed E-state index contributed by atoms with van der Waals surface area (Å²) in [4.78, 5) is 24.9. The number of nitrogens with zero attached hydrogens (tertiary/aromatic N) is 1. The highest BCUT2D eigenvalue weighted by Gasteiger charge is 2.48. The lowest BCUT2D eigenvalue weighted by molar-refractivity contribution is -0.191. The van der Waals surface area contributed by atoms with Crippen molar-refractivity contribution in [3.8, 4) is 0 Å². The highest BCUT2D eigenvalue weighted by Crippen LogP contribution is 2.35. The van der Waals surface area contributed by atoms with E-state index in [-0.39, 0.29) is 0 Å². The van der Waals surface area contributed by atoms with Gasteiger partial charge in [-0.15, -0.1) is 0 Å². The van der Waals surface area contributed by atoms with E-state index in [1.807, 2.05) is 0 Å². The second-order valence-corrected chi connectivity index (χ2v) is 6.64. The molecule has 0 aliphatic heterocycles. The Hall–Kier alpha value is -1.28. The number of aliphatic hydroxyl groups is 1. The minimum Gasteiger partial charge on any atom is -0.478 e. The molecule has 0 aromatic heterocycles. The van der Waals surface area contributed by atoms with Gasteiger partial charge in [-0.1, -0.05) is 12.1 Å². The van der Waals surface area contributed by atoms with Gasteiger partial charge in [0.2, 0.25) is 6.08 Å². The smallest absolute Gasteiger partial charge is 0.363 e. The van der Waals surface area contributed by atoms with E-state index in [0.29, 0.717) is 5.56 Å². The Labute approximate surface area is 136 Å². The first-order chi connectivity index (χ1) is 9.60. The molecule has 0 radical (unpaired) electrons. The lowest BCUT2D eigenvalue weighted by atomic mass is 9.97. The van der Waals surface area contributed by atoms with Gasteiger partial charge in [0.15, 0.2) is 0 Å². The van der Waals surface area contributed by atoms with Crippen molar-refractivity contribution in [3.05, 3.63) is 33.4 Å². The summed E-state index contributed by atoms with van der Waals surface area (Å²) in [6.45, 7) is 5.12. The largest absolute Gasteiger partial charge is 0.478 e. The van der Waals surface area contributed by atoms with E-state index < -0.39 is 23.4 Å². The molecule has 1 aromatic rings. The van der Waals surface area contributed by atoms with Crippen LogP contribution in [0.15, 0.2) is 29.3 Å². The first-order valence-corrected chi connectivity index (χ1v) is 7.16. The topological polar surface area (TPSA) is 96.2 Å². The van der Waals surface area contributed by atoms with E-state index >= 15 is 0 Å². The molecule has 1 aromatic carbocycles. The number of hydrogen-bond donors (Lipinski definition) is 2. The van der Waals surface area contributed by atoms with Gasteiger partial charge in [-0.05, 0) is 61.1 Å². The molecule has 2 atom stereocenters. The molecule has 0 spiro atoms. The number of benzene rings is 1. The molecule has 1 rings (SSSR count). The Morgan fingerprint density at radius 3 is 2.24 bits per heavy atom. The maximum Gasteiger partial charge on any atom is 0.363 e. The molecule has 0 saturated heterocycles. The van der Waals surface area contributed by atoms with Crippen molar-refractivity contribution in [2.45, 2.75) is 38.2 Å². The number of carboxylic acid groups (broad SMARTS) is 1. The van der Waals surface area contributed by atoms with Crippen LogP contribution in [0.5, 0.6) is 0 Å². The maximum absolute atomic E-state index is 11.4. The number of carbonyl (C=O) groups is 1. The lowest BCUT2D eigenvalue weighted by Gasteiger charge is -2.33. The van der Waals surface area contributed by atoms with Crippen molar-refractivity contribution in [1.82, 2.24) is 0 Å². The first kappa shape index (κ1) is 17.8. The molecule has 2 N–H and O–H groups in total. The first-order valence-electron chi connectivity index (χ1n) is 6.08. The van der Waals surface area contributed by atoms with Gasteiger partial charge in [-0.25, -0.2) is 9.59 Å². The molecule has 0 heterocycles. The molecular formula is C14H16INO5. The Morgan fingerprint density at radius 2 is 1.86 bits per heavy atom. The number of halogens is 1. The summed E-state index contributed by atoms with van der Waals surface area (Å²) in [7, 11) is 0. The molecular weight excluding hydrogens is 389 g/mol. The number of hydrogen-bond acceptors (Lipinski definition) is 5. The van der Waals surface area contributed by atoms with E-state index in [9.17, 15) is 19.8 Å². The van der Waals surface area contributed by atoms with Gasteiger partial charge in [0.25, 0.3) is 5.72 Å². The van der Waals surface area contributed by atoms with Crippen molar-refractivity contribution in [2.24, 2.45) is 4.99 Å². The molecule has 7 heteroatoms. The number of aliphatic imine (C=N–C) groups is 1. The summed E-state index contributed by atoms with van der Waals surface area (Å²) >= 11 is 2.09. The highest BCUT2D eigenvalue weighted by molar-refractivity contribution is 14.1. The van der Waals surface area contributed by atoms with Gasteiger partial charge in [-0.2, -0.15) is 4.99 Å². The molecule has 0 aliphatic carbocycles. The van der Waals surface area contributed by atoms with Crippen molar-refractivity contribution >= 4 is 34.6 Å². The average molecular weight is 405 g/mol. The highest BCUT2D eigenvalue weighted by atomic mass is 127. The molecule has 0 saturated carbocycles. The molecule has 6 nitrogen and oxygen atoms in total. The average Bonchev–Trinajstić information content (AvgIpc) is 2.36. The summed E-state index contributed by atoms with van der Waals surface area (Å²) in [5.74, 6) is -1.68. The van der Waals surface area contributed by atoms with Crippen LogP contribution in [0, 0.1) is 3.57 Å². The third kappa shape index (κ3) is 4.60. The van der Waals surface area contributed by atoms with E-state index in [4.69, 9.17) is 4.74 Å². The van der Waals surface area contributed by atoms with Crippen molar-refractivity contribution in [2.75, 3.05) is 0 Å². The standard InChI is InChI=1S/C14H16INO5/c1-13(2,3)21-11(9-4-6-10(15)7-5-9)14(20,12(18)19)16-8-17/h4-7,11,20H,1-3H3,(H,18,19)/t11-,14+/m0/s1. The molecule has 114 valence electrons. The van der Waals surface area contributed by atoms with Crippen LogP contribution >= 0.6 is 22.6 Å². The van der Waals surface area contributed by atoms with E-state index in [1.165, 1.54) is 0 Å². The zero-order valence-corrected chi connectivity index (χ0v) is 14.0. The minimum absolute atomic E-state index is 0.397. The second-order valence-electron chi connectivity index (χ2n) is 5.40. The molecule has 0 bridgehead atoms. The Balaban J connectivity index is 3.40. The fourth-order valence-corrected chi connectivity index (χ4v) is 2.02. The summed E-state index contributed by atoms with van der Waals surface area (Å²) < 4.78 is 6.57. The van der Waals surface area contributed by atoms with Gasteiger partial charge in [0.1, 0.15) is 6.10 Å². The van der Waals surface area contributed by atoms with Crippen LogP contribution in [0.25, 0.3) is 0 Å². The van der Waals surface area contributed by atoms with E-state index in [2.05, 4.69) is 27.6 Å². The zero-order chi connectivity index (χ0) is 16.3. The van der Waals surface area contributed by atoms with Crippen molar-refractivity contribution < 1.29 is 24.5 Å². The van der Waals surface area contributed by atoms with Gasteiger partial charge < -0.3 is 14.9 Å². The lowest BCUT2D eigenvalue weighted by Crippen LogP contribution is -2.46. The van der Waals surface area contributed by atoms with Crippen LogP contribution in [0.1, 0.15) is 32.4 Å². The number of aliphatic carboxylic acids is 1. The van der Waals surface area contributed by atoms with Crippen molar-refractivity contribution in [3.63, 3.8) is 0 Å². The van der Waals surface area contributed by atoms with E-state index in [1.54, 1.807) is 45.0 Å². The molecule has 0 amide bonds. The molecule has 0 unspecified atom stereocenters. The Bertz CT molecular complexity index is 556. The minimum atomic E-state index is -2.73. The van der Waals surface area contributed by atoms with Crippen LogP contribution in [-0.2, 0) is 14.3 Å². The monoisotopic (exact) mass is 405 g/mol. The molecule has 21 heavy (non-hydrogen) atoms. The quantitative estimate of drug-likeness (QED) is 0.445. The van der Waals surface area contributed by atoms with Gasteiger partial charge in [0, 0.05) is 3.57 Å². The van der Waals surface area contributed by atoms with E-state index in [0.717, 1.165) is 9.65 Å². The Morgan fingerprint density at radius 1 is 1.33 bits per heavy atom. The normalized spacial score (nSPS) is 15.7. The second kappa shape index (κ2) is 6.65. The van der Waals surface area contributed by atoms with Crippen LogP contribution in [0.2, 0.25) is 0 Å².